The number of nitrogens with one attached hydrogen (secondary N) is 2. The summed E-state index contributed by atoms with van der Waals surface area (Å²) in [6.45, 7) is 4.31. The van der Waals surface area contributed by atoms with Crippen LogP contribution in [0.25, 0.3) is 11.3 Å². The number of hydrogen-bond donors (Lipinski definition) is 4. The number of aromatic nitrogens is 2. The van der Waals surface area contributed by atoms with Gasteiger partial charge in [0.05, 0.1) is 24.5 Å². The molecule has 1 aliphatic heterocycles. The molecule has 1 aromatic heterocycles. The molecule has 4 aromatic rings. The third kappa shape index (κ3) is 5.71. The Morgan fingerprint density at radius 1 is 1.08 bits per heavy atom. The Morgan fingerprint density at radius 3 is 2.46 bits per heavy atom. The molecule has 5 rings (SSSR count). The molecule has 0 aliphatic carbocycles. The fourth-order valence-electron chi connectivity index (χ4n) is 5.31. The lowest BCUT2D eigenvalue weighted by Gasteiger charge is -2.37. The quantitative estimate of drug-likeness (QED) is 0.295. The normalized spacial score (nSPS) is 15.5. The average Bonchev–Trinajstić information content (AvgIpc) is 3.42. The van der Waals surface area contributed by atoms with Gasteiger partial charge < -0.3 is 26.0 Å². The molecule has 2 heterocycles. The van der Waals surface area contributed by atoms with Gasteiger partial charge >= 0.3 is 0 Å². The summed E-state index contributed by atoms with van der Waals surface area (Å²) in [6, 6.07) is 19.5. The highest BCUT2D eigenvalue weighted by Gasteiger charge is 2.36. The number of H-pyrrole nitrogens is 1. The van der Waals surface area contributed by atoms with Crippen molar-refractivity contribution < 1.29 is 14.7 Å². The van der Waals surface area contributed by atoms with Gasteiger partial charge in [0.1, 0.15) is 17.6 Å². The maximum Gasteiger partial charge on any atom is 0.243 e. The van der Waals surface area contributed by atoms with Gasteiger partial charge in [0.15, 0.2) is 0 Å². The predicted octanol–water partition coefficient (Wildman–Crippen LogP) is 3.54. The number of nitrogens with two attached hydrogens (primary N) is 1. The molecule has 0 radical (unpaired) electrons. The minimum absolute atomic E-state index is 0.186. The van der Waals surface area contributed by atoms with Crippen LogP contribution in [0.1, 0.15) is 33.6 Å². The van der Waals surface area contributed by atoms with Crippen molar-refractivity contribution in [1.82, 2.24) is 20.2 Å². The zero-order valence-corrected chi connectivity index (χ0v) is 22.1. The van der Waals surface area contributed by atoms with E-state index in [4.69, 9.17) is 5.73 Å². The summed E-state index contributed by atoms with van der Waals surface area (Å²) in [7, 11) is 0. The fraction of sp³-hybridized carbons (Fsp3) is 0.258. The number of phenolic OH excluding ortho intramolecular Hbond substituents is 1. The van der Waals surface area contributed by atoms with Crippen molar-refractivity contribution in [3.8, 4) is 17.0 Å². The van der Waals surface area contributed by atoms with Crippen LogP contribution in [0, 0.1) is 13.8 Å². The molecule has 2 unspecified atom stereocenters. The summed E-state index contributed by atoms with van der Waals surface area (Å²) in [6.07, 6.45) is 2.47. The standard InChI is InChI=1S/C31H33N5O3/c1-19-12-24(37)13-20(2)25(19)15-26(32)31(39)36-18-23-11-7-6-10-22(23)14-28(36)30(38)34-17-29-33-16-27(35-29)21-8-4-3-5-9-21/h3-13,16,26,28,37H,14-15,17-18,32H2,1-2H3,(H,33,35)(H,34,38). The summed E-state index contributed by atoms with van der Waals surface area (Å²) in [5.74, 6) is 0.289. The van der Waals surface area contributed by atoms with Gasteiger partial charge in [-0.05, 0) is 65.8 Å². The Morgan fingerprint density at radius 2 is 1.74 bits per heavy atom. The molecule has 0 fully saturated rings. The van der Waals surface area contributed by atoms with Crippen LogP contribution in [0.2, 0.25) is 0 Å². The monoisotopic (exact) mass is 523 g/mol. The van der Waals surface area contributed by atoms with Gasteiger partial charge in [0.25, 0.3) is 0 Å². The van der Waals surface area contributed by atoms with E-state index in [0.29, 0.717) is 25.2 Å². The molecule has 8 nitrogen and oxygen atoms in total. The van der Waals surface area contributed by atoms with Crippen LogP contribution in [0.4, 0.5) is 0 Å². The maximum absolute atomic E-state index is 13.7. The van der Waals surface area contributed by atoms with Gasteiger partial charge in [-0.15, -0.1) is 0 Å². The van der Waals surface area contributed by atoms with E-state index in [1.165, 1.54) is 0 Å². The molecule has 3 aromatic carbocycles. The van der Waals surface area contributed by atoms with Crippen molar-refractivity contribution in [3.63, 3.8) is 0 Å². The first-order valence-electron chi connectivity index (χ1n) is 13.1. The second-order valence-corrected chi connectivity index (χ2v) is 10.2. The first-order valence-corrected chi connectivity index (χ1v) is 13.1. The summed E-state index contributed by atoms with van der Waals surface area (Å²) in [5.41, 5.74) is 13.1. The van der Waals surface area contributed by atoms with E-state index < -0.39 is 12.1 Å². The van der Waals surface area contributed by atoms with Gasteiger partial charge in [-0.25, -0.2) is 4.98 Å². The molecular formula is C31H33N5O3. The summed E-state index contributed by atoms with van der Waals surface area (Å²) >= 11 is 0. The molecule has 0 saturated heterocycles. The minimum Gasteiger partial charge on any atom is -0.508 e. The Labute approximate surface area is 227 Å². The molecule has 1 aliphatic rings. The Kier molecular flexibility index (Phi) is 7.47. The SMILES string of the molecule is Cc1cc(O)cc(C)c1CC(N)C(=O)N1Cc2ccccc2CC1C(=O)NCc1ncc(-c2ccccc2)[nH]1. The number of phenols is 1. The van der Waals surface area contributed by atoms with Gasteiger partial charge in [-0.1, -0.05) is 54.6 Å². The third-order valence-electron chi connectivity index (χ3n) is 7.40. The molecule has 8 heteroatoms. The summed E-state index contributed by atoms with van der Waals surface area (Å²) < 4.78 is 0. The van der Waals surface area contributed by atoms with Gasteiger partial charge in [-0.2, -0.15) is 0 Å². The number of carbonyl (C=O) groups excluding carboxylic acids is 2. The van der Waals surface area contributed by atoms with E-state index in [9.17, 15) is 14.7 Å². The predicted molar refractivity (Wildman–Crippen MR) is 150 cm³/mol. The molecular weight excluding hydrogens is 490 g/mol. The van der Waals surface area contributed by atoms with Crippen LogP contribution < -0.4 is 11.1 Å². The number of benzene rings is 3. The van der Waals surface area contributed by atoms with Crippen molar-refractivity contribution in [1.29, 1.82) is 0 Å². The molecule has 0 spiro atoms. The lowest BCUT2D eigenvalue weighted by molar-refractivity contribution is -0.142. The van der Waals surface area contributed by atoms with Gasteiger partial charge in [-0.3, -0.25) is 9.59 Å². The highest BCUT2D eigenvalue weighted by atomic mass is 16.3. The molecule has 2 atom stereocenters. The number of imidazole rings is 1. The van der Waals surface area contributed by atoms with Crippen LogP contribution in [-0.4, -0.2) is 43.9 Å². The number of aromatic hydroxyl groups is 1. The Bertz CT molecular complexity index is 1470. The number of aromatic amines is 1. The minimum atomic E-state index is -0.828. The van der Waals surface area contributed by atoms with E-state index in [0.717, 1.165) is 39.1 Å². The third-order valence-corrected chi connectivity index (χ3v) is 7.40. The largest absolute Gasteiger partial charge is 0.508 e. The Hall–Kier alpha value is -4.43. The van der Waals surface area contributed by atoms with Crippen molar-refractivity contribution in [2.75, 3.05) is 0 Å². The van der Waals surface area contributed by atoms with E-state index >= 15 is 0 Å². The van der Waals surface area contributed by atoms with E-state index in [-0.39, 0.29) is 24.1 Å². The maximum atomic E-state index is 13.7. The summed E-state index contributed by atoms with van der Waals surface area (Å²) in [5, 5.41) is 12.9. The number of hydrogen-bond acceptors (Lipinski definition) is 5. The lowest BCUT2D eigenvalue weighted by atomic mass is 9.91. The molecule has 0 bridgehead atoms. The van der Waals surface area contributed by atoms with E-state index in [2.05, 4.69) is 15.3 Å². The first kappa shape index (κ1) is 26.2. The molecule has 0 saturated carbocycles. The van der Waals surface area contributed by atoms with Crippen LogP contribution in [0.5, 0.6) is 5.75 Å². The molecule has 5 N–H and O–H groups in total. The number of rotatable bonds is 7. The fourth-order valence-corrected chi connectivity index (χ4v) is 5.31. The van der Waals surface area contributed by atoms with Gasteiger partial charge in [0, 0.05) is 13.0 Å². The number of nitrogens with zero attached hydrogens (tertiary/aromatic N) is 2. The highest BCUT2D eigenvalue weighted by Crippen LogP contribution is 2.26. The average molecular weight is 524 g/mol. The van der Waals surface area contributed by atoms with Crippen molar-refractivity contribution in [2.24, 2.45) is 5.73 Å². The zero-order chi connectivity index (χ0) is 27.5. The Balaban J connectivity index is 1.32. The lowest BCUT2D eigenvalue weighted by Crippen LogP contribution is -2.56. The first-order chi connectivity index (χ1) is 18.8. The van der Waals surface area contributed by atoms with Crippen LogP contribution >= 0.6 is 0 Å². The number of aryl methyl sites for hydroxylation is 2. The number of amides is 2. The molecule has 200 valence electrons. The van der Waals surface area contributed by atoms with E-state index in [1.54, 1.807) is 23.2 Å². The van der Waals surface area contributed by atoms with Crippen LogP contribution in [0.15, 0.2) is 72.9 Å². The van der Waals surface area contributed by atoms with E-state index in [1.807, 2.05) is 68.4 Å². The van der Waals surface area contributed by atoms with Crippen molar-refractivity contribution in [3.05, 3.63) is 107 Å². The van der Waals surface area contributed by atoms with Crippen LogP contribution in [-0.2, 0) is 35.5 Å². The van der Waals surface area contributed by atoms with Crippen LogP contribution in [0.3, 0.4) is 0 Å². The van der Waals surface area contributed by atoms with Crippen molar-refractivity contribution >= 4 is 11.8 Å². The smallest absolute Gasteiger partial charge is 0.243 e. The number of fused-ring (bicyclic) bond motifs is 1. The second-order valence-electron chi connectivity index (χ2n) is 10.2. The molecule has 2 amide bonds. The highest BCUT2D eigenvalue weighted by molar-refractivity contribution is 5.90. The second kappa shape index (κ2) is 11.1. The molecule has 39 heavy (non-hydrogen) atoms. The number of carbonyl (C=O) groups is 2. The van der Waals surface area contributed by atoms with Gasteiger partial charge in [0.2, 0.25) is 11.8 Å². The summed E-state index contributed by atoms with van der Waals surface area (Å²) in [4.78, 5) is 36.5. The zero-order valence-electron chi connectivity index (χ0n) is 22.1. The van der Waals surface area contributed by atoms with Crippen molar-refractivity contribution in [2.45, 2.75) is 51.9 Å². The topological polar surface area (TPSA) is 124 Å².